The molecule has 0 aliphatic carbocycles. The van der Waals surface area contributed by atoms with E-state index in [2.05, 4.69) is 10.3 Å². The van der Waals surface area contributed by atoms with Gasteiger partial charge >= 0.3 is 5.97 Å². The van der Waals surface area contributed by atoms with Crippen molar-refractivity contribution in [3.8, 4) is 11.5 Å². The Labute approximate surface area is 183 Å². The summed E-state index contributed by atoms with van der Waals surface area (Å²) in [6.45, 7) is 1.25. The summed E-state index contributed by atoms with van der Waals surface area (Å²) < 4.78 is 15.7. The van der Waals surface area contributed by atoms with E-state index in [0.717, 1.165) is 24.6 Å². The molecule has 0 atom stereocenters. The molecular formula is C21H21N3O6S. The van der Waals surface area contributed by atoms with Crippen LogP contribution in [0, 0.1) is 0 Å². The fraction of sp³-hybridized carbons (Fsp3) is 0.333. The van der Waals surface area contributed by atoms with Crippen LogP contribution in [0.1, 0.15) is 23.2 Å². The molecule has 1 fully saturated rings. The van der Waals surface area contributed by atoms with E-state index in [1.54, 1.807) is 35.2 Å². The maximum absolute atomic E-state index is 12.5. The van der Waals surface area contributed by atoms with Crippen LogP contribution in [0.15, 0.2) is 41.6 Å². The first kappa shape index (κ1) is 21.0. The lowest BCUT2D eigenvalue weighted by atomic mass is 10.3. The Hall–Kier alpha value is -3.27. The molecule has 1 aromatic carbocycles. The summed E-state index contributed by atoms with van der Waals surface area (Å²) in [5.74, 6) is 0.138. The molecule has 0 saturated carbocycles. The van der Waals surface area contributed by atoms with Crippen LogP contribution < -0.4 is 14.8 Å². The molecule has 1 aromatic heterocycles. The van der Waals surface area contributed by atoms with Crippen LogP contribution in [-0.4, -0.2) is 59.9 Å². The van der Waals surface area contributed by atoms with Crippen LogP contribution in [0.4, 0.5) is 5.69 Å². The fourth-order valence-electron chi connectivity index (χ4n) is 3.23. The number of ether oxygens (including phenoxy) is 3. The van der Waals surface area contributed by atoms with Gasteiger partial charge in [-0.05, 0) is 37.1 Å². The van der Waals surface area contributed by atoms with Gasteiger partial charge in [0.05, 0.1) is 11.3 Å². The zero-order valence-corrected chi connectivity index (χ0v) is 17.5. The van der Waals surface area contributed by atoms with E-state index in [0.29, 0.717) is 35.3 Å². The number of esters is 1. The zero-order valence-electron chi connectivity index (χ0n) is 16.7. The van der Waals surface area contributed by atoms with Crippen molar-refractivity contribution in [1.29, 1.82) is 0 Å². The second-order valence-electron chi connectivity index (χ2n) is 6.93. The Morgan fingerprint density at radius 3 is 2.77 bits per heavy atom. The summed E-state index contributed by atoms with van der Waals surface area (Å²) in [5.41, 5.74) is 0.800. The third kappa shape index (κ3) is 5.26. The number of carbonyl (C=O) groups excluding carboxylic acids is 3. The number of thioether (sulfide) groups is 1. The van der Waals surface area contributed by atoms with Gasteiger partial charge in [0.25, 0.3) is 5.91 Å². The van der Waals surface area contributed by atoms with Gasteiger partial charge in [0.15, 0.2) is 18.1 Å². The molecule has 1 saturated heterocycles. The molecule has 2 aliphatic rings. The van der Waals surface area contributed by atoms with Crippen LogP contribution in [0.25, 0.3) is 0 Å². The van der Waals surface area contributed by atoms with Crippen LogP contribution in [0.2, 0.25) is 0 Å². The monoisotopic (exact) mass is 443 g/mol. The summed E-state index contributed by atoms with van der Waals surface area (Å²) in [4.78, 5) is 42.7. The minimum Gasteiger partial charge on any atom is -0.454 e. The van der Waals surface area contributed by atoms with Gasteiger partial charge in [0.1, 0.15) is 5.03 Å². The molecule has 10 heteroatoms. The molecule has 2 aromatic rings. The van der Waals surface area contributed by atoms with E-state index in [1.165, 1.54) is 6.20 Å². The standard InChI is InChI=1S/C21H21N3O6S/c25-18(23-14-5-6-16-17(10-14)30-13-29-16)12-31-20-15(4-3-7-22-20)21(27)28-11-19(26)24-8-1-2-9-24/h3-7,10H,1-2,8-9,11-13H2,(H,23,25). The number of rotatable bonds is 7. The lowest BCUT2D eigenvalue weighted by Gasteiger charge is -2.15. The Morgan fingerprint density at radius 1 is 1.13 bits per heavy atom. The molecule has 0 spiro atoms. The summed E-state index contributed by atoms with van der Waals surface area (Å²) in [6, 6.07) is 8.30. The van der Waals surface area contributed by atoms with Crippen molar-refractivity contribution < 1.29 is 28.6 Å². The summed E-state index contributed by atoms with van der Waals surface area (Å²) >= 11 is 1.11. The topological polar surface area (TPSA) is 107 Å². The average molecular weight is 443 g/mol. The number of fused-ring (bicyclic) bond motifs is 1. The van der Waals surface area contributed by atoms with E-state index in [4.69, 9.17) is 14.2 Å². The summed E-state index contributed by atoms with van der Waals surface area (Å²) in [5, 5.41) is 3.14. The van der Waals surface area contributed by atoms with Gasteiger partial charge in [-0.3, -0.25) is 9.59 Å². The Kier molecular flexibility index (Phi) is 6.56. The number of nitrogens with zero attached hydrogens (tertiary/aromatic N) is 2. The smallest absolute Gasteiger partial charge is 0.341 e. The molecule has 9 nitrogen and oxygen atoms in total. The van der Waals surface area contributed by atoms with Crippen molar-refractivity contribution in [3.63, 3.8) is 0 Å². The summed E-state index contributed by atoms with van der Waals surface area (Å²) in [6.07, 6.45) is 3.47. The van der Waals surface area contributed by atoms with Crippen molar-refractivity contribution in [2.75, 3.05) is 37.6 Å². The molecule has 31 heavy (non-hydrogen) atoms. The molecule has 2 amide bonds. The minimum atomic E-state index is -0.640. The minimum absolute atomic E-state index is 0.0401. The molecular weight excluding hydrogens is 422 g/mol. The Bertz CT molecular complexity index is 993. The number of aromatic nitrogens is 1. The highest BCUT2D eigenvalue weighted by molar-refractivity contribution is 8.00. The number of carbonyl (C=O) groups is 3. The second kappa shape index (κ2) is 9.69. The number of benzene rings is 1. The van der Waals surface area contributed by atoms with Crippen molar-refractivity contribution in [1.82, 2.24) is 9.88 Å². The second-order valence-corrected chi connectivity index (χ2v) is 7.89. The number of hydrogen-bond donors (Lipinski definition) is 1. The molecule has 0 bridgehead atoms. The highest BCUT2D eigenvalue weighted by Crippen LogP contribution is 2.34. The van der Waals surface area contributed by atoms with E-state index in [1.807, 2.05) is 0 Å². The van der Waals surface area contributed by atoms with Gasteiger partial charge in [0.2, 0.25) is 12.7 Å². The average Bonchev–Trinajstić information content (AvgIpc) is 3.48. The number of likely N-dealkylation sites (tertiary alicyclic amines) is 1. The van der Waals surface area contributed by atoms with Gasteiger partial charge in [0, 0.05) is 31.0 Å². The predicted octanol–water partition coefficient (Wildman–Crippen LogP) is 2.32. The van der Waals surface area contributed by atoms with Crippen LogP contribution in [-0.2, 0) is 14.3 Å². The zero-order chi connectivity index (χ0) is 21.6. The SMILES string of the molecule is O=C(CSc1ncccc1C(=O)OCC(=O)N1CCCC1)Nc1ccc2c(c1)OCO2. The molecule has 3 heterocycles. The van der Waals surface area contributed by atoms with Crippen molar-refractivity contribution in [2.24, 2.45) is 0 Å². The van der Waals surface area contributed by atoms with E-state index < -0.39 is 5.97 Å². The highest BCUT2D eigenvalue weighted by atomic mass is 32.2. The van der Waals surface area contributed by atoms with E-state index in [9.17, 15) is 14.4 Å². The normalized spacial score (nSPS) is 14.4. The molecule has 0 unspecified atom stereocenters. The lowest BCUT2D eigenvalue weighted by molar-refractivity contribution is -0.133. The van der Waals surface area contributed by atoms with Crippen LogP contribution in [0.5, 0.6) is 11.5 Å². The number of hydrogen-bond acceptors (Lipinski definition) is 8. The Morgan fingerprint density at radius 2 is 1.94 bits per heavy atom. The first-order valence-corrected chi connectivity index (χ1v) is 10.8. The molecule has 1 N–H and O–H groups in total. The molecule has 0 radical (unpaired) electrons. The molecule has 162 valence electrons. The van der Waals surface area contributed by atoms with Gasteiger partial charge in [-0.1, -0.05) is 11.8 Å². The van der Waals surface area contributed by atoms with Crippen molar-refractivity contribution in [3.05, 3.63) is 42.1 Å². The molecule has 2 aliphatic heterocycles. The number of nitrogens with one attached hydrogen (secondary N) is 1. The largest absolute Gasteiger partial charge is 0.454 e. The van der Waals surface area contributed by atoms with Crippen molar-refractivity contribution in [2.45, 2.75) is 17.9 Å². The Balaban J connectivity index is 1.31. The third-order valence-electron chi connectivity index (χ3n) is 4.77. The number of amides is 2. The van der Waals surface area contributed by atoms with Crippen LogP contribution in [0.3, 0.4) is 0 Å². The number of anilines is 1. The highest BCUT2D eigenvalue weighted by Gasteiger charge is 2.21. The van der Waals surface area contributed by atoms with Gasteiger partial charge in [-0.25, -0.2) is 9.78 Å². The van der Waals surface area contributed by atoms with Crippen LogP contribution >= 0.6 is 11.8 Å². The number of pyridine rings is 1. The lowest BCUT2D eigenvalue weighted by Crippen LogP contribution is -2.32. The first-order chi connectivity index (χ1) is 15.1. The van der Waals surface area contributed by atoms with Gasteiger partial charge in [-0.15, -0.1) is 0 Å². The van der Waals surface area contributed by atoms with E-state index in [-0.39, 0.29) is 36.5 Å². The summed E-state index contributed by atoms with van der Waals surface area (Å²) in [7, 11) is 0. The van der Waals surface area contributed by atoms with E-state index >= 15 is 0 Å². The van der Waals surface area contributed by atoms with Crippen molar-refractivity contribution >= 4 is 35.2 Å². The van der Waals surface area contributed by atoms with Gasteiger partial charge < -0.3 is 24.4 Å². The van der Waals surface area contributed by atoms with Gasteiger partial charge in [-0.2, -0.15) is 0 Å². The predicted molar refractivity (Wildman–Crippen MR) is 112 cm³/mol. The fourth-order valence-corrected chi connectivity index (χ4v) is 4.01. The third-order valence-corrected chi connectivity index (χ3v) is 5.78. The maximum atomic E-state index is 12.5. The molecule has 4 rings (SSSR count). The quantitative estimate of drug-likeness (QED) is 0.513. The maximum Gasteiger partial charge on any atom is 0.341 e. The first-order valence-electron chi connectivity index (χ1n) is 9.82.